The molecule has 0 aromatic carbocycles. The van der Waals surface area contributed by atoms with Crippen LogP contribution in [-0.2, 0) is 15.8 Å². The monoisotopic (exact) mass is 386 g/mol. The molecule has 0 saturated carbocycles. The van der Waals surface area contributed by atoms with E-state index in [4.69, 9.17) is 22.6 Å². The number of carbonyl (C=O) groups excluding carboxylic acids is 1. The highest BCUT2D eigenvalue weighted by Gasteiger charge is 2.50. The van der Waals surface area contributed by atoms with Crippen LogP contribution in [0.1, 0.15) is 31.5 Å². The van der Waals surface area contributed by atoms with Crippen LogP contribution >= 0.6 is 12.2 Å². The van der Waals surface area contributed by atoms with E-state index >= 15 is 0 Å². The number of nitrogens with zero attached hydrogens (tertiary/aromatic N) is 4. The number of amides is 1. The molecule has 1 fully saturated rings. The summed E-state index contributed by atoms with van der Waals surface area (Å²) in [4.78, 5) is 29.2. The second-order valence-electron chi connectivity index (χ2n) is 5.98. The van der Waals surface area contributed by atoms with Gasteiger partial charge < -0.3 is 10.0 Å². The van der Waals surface area contributed by atoms with E-state index in [0.29, 0.717) is 6.07 Å². The van der Waals surface area contributed by atoms with Crippen molar-refractivity contribution in [3.8, 4) is 6.07 Å². The summed E-state index contributed by atoms with van der Waals surface area (Å²) in [5, 5.41) is 17.5. The highest BCUT2D eigenvalue weighted by molar-refractivity contribution is 7.80. The van der Waals surface area contributed by atoms with Gasteiger partial charge in [-0.25, -0.2) is 4.98 Å². The first kappa shape index (κ1) is 19.6. The number of hydrogen-bond acceptors (Lipinski definition) is 5. The molecule has 1 aliphatic rings. The number of nitriles is 1. The summed E-state index contributed by atoms with van der Waals surface area (Å²) < 4.78 is 39.4. The Kier molecular flexibility index (Phi) is 4.92. The molecule has 0 bridgehead atoms. The first-order valence-corrected chi connectivity index (χ1v) is 7.67. The molecule has 2 rings (SSSR count). The number of carbonyl (C=O) groups is 2. The van der Waals surface area contributed by atoms with Gasteiger partial charge in [0, 0.05) is 6.54 Å². The first-order chi connectivity index (χ1) is 11.9. The summed E-state index contributed by atoms with van der Waals surface area (Å²) in [6.07, 6.45) is -4.18. The molecule has 1 N–H and O–H groups in total. The van der Waals surface area contributed by atoms with Crippen LogP contribution in [0.15, 0.2) is 12.3 Å². The van der Waals surface area contributed by atoms with Crippen LogP contribution in [0.4, 0.5) is 18.9 Å². The maximum Gasteiger partial charge on any atom is 0.419 e. The molecule has 0 atom stereocenters. The van der Waals surface area contributed by atoms with Gasteiger partial charge in [-0.1, -0.05) is 0 Å². The Morgan fingerprint density at radius 3 is 2.58 bits per heavy atom. The van der Waals surface area contributed by atoms with E-state index in [1.54, 1.807) is 0 Å². The van der Waals surface area contributed by atoms with Crippen molar-refractivity contribution in [3.05, 3.63) is 23.5 Å². The molecule has 1 saturated heterocycles. The van der Waals surface area contributed by atoms with Gasteiger partial charge in [-0.2, -0.15) is 18.4 Å². The van der Waals surface area contributed by atoms with Gasteiger partial charge in [0.05, 0.1) is 23.9 Å². The average molecular weight is 386 g/mol. The number of halogens is 3. The Hall–Kier alpha value is -2.74. The van der Waals surface area contributed by atoms with Crippen LogP contribution in [0.3, 0.4) is 0 Å². The van der Waals surface area contributed by atoms with Crippen LogP contribution in [-0.4, -0.2) is 44.1 Å². The van der Waals surface area contributed by atoms with Gasteiger partial charge in [0.2, 0.25) is 0 Å². The van der Waals surface area contributed by atoms with Crippen molar-refractivity contribution in [3.63, 3.8) is 0 Å². The van der Waals surface area contributed by atoms with Gasteiger partial charge in [-0.05, 0) is 32.1 Å². The van der Waals surface area contributed by atoms with E-state index in [0.717, 1.165) is 11.1 Å². The van der Waals surface area contributed by atoms with Gasteiger partial charge in [0.1, 0.15) is 11.6 Å². The molecule has 1 aromatic heterocycles. The van der Waals surface area contributed by atoms with E-state index in [1.807, 2.05) is 0 Å². The lowest BCUT2D eigenvalue weighted by Crippen LogP contribution is -2.45. The Labute approximate surface area is 151 Å². The topological polar surface area (TPSA) is 97.5 Å². The molecule has 11 heteroatoms. The van der Waals surface area contributed by atoms with Crippen molar-refractivity contribution in [2.45, 2.75) is 32.0 Å². The highest BCUT2D eigenvalue weighted by atomic mass is 32.1. The lowest BCUT2D eigenvalue weighted by atomic mass is 10.0. The summed E-state index contributed by atoms with van der Waals surface area (Å²) in [6, 6.07) is 1.99. The number of alkyl halides is 3. The fraction of sp³-hybridized carbons (Fsp3) is 0.400. The molecule has 0 aliphatic carbocycles. The predicted molar refractivity (Wildman–Crippen MR) is 87.1 cm³/mol. The molecule has 1 amide bonds. The van der Waals surface area contributed by atoms with Crippen molar-refractivity contribution in [1.82, 2.24) is 9.88 Å². The normalized spacial score (nSPS) is 16.8. The molecular weight excluding hydrogens is 373 g/mol. The van der Waals surface area contributed by atoms with E-state index in [1.165, 1.54) is 24.8 Å². The zero-order valence-corrected chi connectivity index (χ0v) is 14.5. The Morgan fingerprint density at radius 1 is 1.46 bits per heavy atom. The molecule has 1 aromatic rings. The summed E-state index contributed by atoms with van der Waals surface area (Å²) in [5.74, 6) is -1.72. The quantitative estimate of drug-likeness (QED) is 0.792. The smallest absolute Gasteiger partial charge is 0.419 e. The number of pyridine rings is 1. The summed E-state index contributed by atoms with van der Waals surface area (Å²) in [6.45, 7) is 2.90. The molecule has 2 heterocycles. The second kappa shape index (κ2) is 6.53. The summed E-state index contributed by atoms with van der Waals surface area (Å²) >= 11 is 5.18. The minimum absolute atomic E-state index is 0.0841. The lowest BCUT2D eigenvalue weighted by Gasteiger charge is -2.28. The Balaban J connectivity index is 2.49. The molecule has 26 heavy (non-hydrogen) atoms. The van der Waals surface area contributed by atoms with Crippen molar-refractivity contribution in [1.29, 1.82) is 5.26 Å². The standard InChI is InChI=1S/C15H13F3N4O3S/c1-14(2)12(25)22(13(26)21(14)4-3-11(23)24)8-5-9(15(16,17)18)10(6-19)20-7-8/h5,7H,3-4H2,1-2H3,(H,23,24). The van der Waals surface area contributed by atoms with E-state index in [-0.39, 0.29) is 23.8 Å². The summed E-state index contributed by atoms with van der Waals surface area (Å²) in [7, 11) is 0. The maximum atomic E-state index is 13.1. The molecule has 0 unspecified atom stereocenters. The van der Waals surface area contributed by atoms with Crippen molar-refractivity contribution < 1.29 is 27.9 Å². The Morgan fingerprint density at radius 2 is 2.08 bits per heavy atom. The molecule has 7 nitrogen and oxygen atoms in total. The average Bonchev–Trinajstić information content (AvgIpc) is 2.69. The molecular formula is C15H13F3N4O3S. The largest absolute Gasteiger partial charge is 0.481 e. The van der Waals surface area contributed by atoms with Crippen LogP contribution in [0.2, 0.25) is 0 Å². The number of aromatic nitrogens is 1. The van der Waals surface area contributed by atoms with Gasteiger partial charge in [-0.15, -0.1) is 0 Å². The van der Waals surface area contributed by atoms with Crippen molar-refractivity contribution in [2.24, 2.45) is 0 Å². The molecule has 1 aliphatic heterocycles. The number of carboxylic acid groups (broad SMARTS) is 1. The van der Waals surface area contributed by atoms with Crippen LogP contribution in [0.25, 0.3) is 0 Å². The van der Waals surface area contributed by atoms with Gasteiger partial charge in [-0.3, -0.25) is 14.5 Å². The zero-order chi connectivity index (χ0) is 19.9. The summed E-state index contributed by atoms with van der Waals surface area (Å²) in [5.41, 5.74) is -3.58. The molecule has 0 radical (unpaired) electrons. The van der Waals surface area contributed by atoms with E-state index in [9.17, 15) is 22.8 Å². The number of thiocarbonyl (C=S) groups is 1. The minimum atomic E-state index is -4.84. The number of rotatable bonds is 4. The minimum Gasteiger partial charge on any atom is -0.481 e. The van der Waals surface area contributed by atoms with E-state index in [2.05, 4.69) is 4.98 Å². The predicted octanol–water partition coefficient (Wildman–Crippen LogP) is 2.16. The lowest BCUT2D eigenvalue weighted by molar-refractivity contribution is -0.138. The Bertz CT molecular complexity index is 832. The number of aliphatic carboxylic acids is 1. The second-order valence-corrected chi connectivity index (χ2v) is 6.34. The third-order valence-corrected chi connectivity index (χ3v) is 4.32. The SMILES string of the molecule is CC1(C)C(=O)N(c2cnc(C#N)c(C(F)(F)F)c2)C(=S)N1CCC(=O)O. The first-order valence-electron chi connectivity index (χ1n) is 7.26. The number of carboxylic acids is 1. The zero-order valence-electron chi connectivity index (χ0n) is 13.7. The van der Waals surface area contributed by atoms with E-state index < -0.39 is 34.8 Å². The number of anilines is 1. The van der Waals surface area contributed by atoms with Crippen molar-refractivity contribution in [2.75, 3.05) is 11.4 Å². The molecule has 0 spiro atoms. The molecule has 138 valence electrons. The fourth-order valence-electron chi connectivity index (χ4n) is 2.53. The fourth-order valence-corrected chi connectivity index (χ4v) is 3.04. The third-order valence-electron chi connectivity index (χ3n) is 3.92. The maximum absolute atomic E-state index is 13.1. The van der Waals surface area contributed by atoms with Gasteiger partial charge in [0.25, 0.3) is 5.91 Å². The third kappa shape index (κ3) is 3.32. The van der Waals surface area contributed by atoms with Crippen molar-refractivity contribution >= 4 is 34.9 Å². The van der Waals surface area contributed by atoms with Gasteiger partial charge >= 0.3 is 12.1 Å². The van der Waals surface area contributed by atoms with Crippen LogP contribution in [0.5, 0.6) is 0 Å². The van der Waals surface area contributed by atoms with Crippen LogP contribution in [0, 0.1) is 11.3 Å². The van der Waals surface area contributed by atoms with Gasteiger partial charge in [0.15, 0.2) is 10.8 Å². The number of hydrogen-bond donors (Lipinski definition) is 1. The highest BCUT2D eigenvalue weighted by Crippen LogP contribution is 2.36. The van der Waals surface area contributed by atoms with Crippen LogP contribution < -0.4 is 4.90 Å².